The molecule has 0 radical (unpaired) electrons. The van der Waals surface area contributed by atoms with Gasteiger partial charge in [-0.05, 0) is 25.5 Å². The van der Waals surface area contributed by atoms with Crippen LogP contribution in [-0.4, -0.2) is 50.1 Å². The Kier molecular flexibility index (Phi) is 5.33. The molecule has 0 unspecified atom stereocenters. The lowest BCUT2D eigenvalue weighted by Crippen LogP contribution is -2.49. The number of benzene rings is 1. The summed E-state index contributed by atoms with van der Waals surface area (Å²) in [5.41, 5.74) is 2.66. The van der Waals surface area contributed by atoms with Crippen LogP contribution in [0.4, 0.5) is 0 Å². The number of aryl methyl sites for hydroxylation is 2. The zero-order chi connectivity index (χ0) is 15.4. The number of carbonyl (C=O) groups is 1. The van der Waals surface area contributed by atoms with Crippen LogP contribution < -0.4 is 5.32 Å². The van der Waals surface area contributed by atoms with E-state index in [4.69, 9.17) is 9.47 Å². The van der Waals surface area contributed by atoms with E-state index in [2.05, 4.69) is 5.32 Å². The maximum absolute atomic E-state index is 12.3. The van der Waals surface area contributed by atoms with Crippen LogP contribution in [0.3, 0.4) is 0 Å². The molecule has 5 heteroatoms. The summed E-state index contributed by atoms with van der Waals surface area (Å²) in [5, 5.41) is 13.0. The third-order valence-corrected chi connectivity index (χ3v) is 3.94. The summed E-state index contributed by atoms with van der Waals surface area (Å²) >= 11 is 0. The second-order valence-electron chi connectivity index (χ2n) is 5.59. The first-order valence-corrected chi connectivity index (χ1v) is 7.17. The van der Waals surface area contributed by atoms with Crippen LogP contribution in [0.5, 0.6) is 0 Å². The van der Waals surface area contributed by atoms with Gasteiger partial charge in [0.05, 0.1) is 19.3 Å². The molecule has 1 amide bonds. The number of methoxy groups -OCH3 is 1. The second kappa shape index (κ2) is 7.02. The van der Waals surface area contributed by atoms with E-state index in [1.165, 1.54) is 0 Å². The Morgan fingerprint density at radius 3 is 2.90 bits per heavy atom. The van der Waals surface area contributed by atoms with Crippen LogP contribution in [0.1, 0.15) is 21.5 Å². The fourth-order valence-electron chi connectivity index (χ4n) is 2.52. The molecule has 2 N–H and O–H groups in total. The van der Waals surface area contributed by atoms with Crippen LogP contribution in [0, 0.1) is 19.8 Å². The van der Waals surface area contributed by atoms with Gasteiger partial charge in [0.1, 0.15) is 6.10 Å². The highest BCUT2D eigenvalue weighted by Gasteiger charge is 2.32. The van der Waals surface area contributed by atoms with Gasteiger partial charge in [0.2, 0.25) is 0 Å². The van der Waals surface area contributed by atoms with Crippen molar-refractivity contribution in [3.05, 3.63) is 34.9 Å². The number of amides is 1. The van der Waals surface area contributed by atoms with E-state index < -0.39 is 6.10 Å². The monoisotopic (exact) mass is 293 g/mol. The highest BCUT2D eigenvalue weighted by atomic mass is 16.5. The lowest BCUT2D eigenvalue weighted by Gasteiger charge is -2.33. The zero-order valence-electron chi connectivity index (χ0n) is 12.8. The highest BCUT2D eigenvalue weighted by molar-refractivity contribution is 5.95. The molecule has 5 nitrogen and oxygen atoms in total. The number of aliphatic hydroxyl groups excluding tert-OH is 1. The standard InChI is InChI=1S/C16H23NO4/c1-10-4-5-11(2)13(6-10)16(19)17-7-12-8-21-9-14(20-3)15(12)18/h4-6,12,14-15,18H,7-9H2,1-3H3,(H,17,19)/t12-,14-,15+/m1/s1. The molecule has 3 atom stereocenters. The van der Waals surface area contributed by atoms with Crippen molar-refractivity contribution in [1.82, 2.24) is 5.32 Å². The van der Waals surface area contributed by atoms with Crippen molar-refractivity contribution in [1.29, 1.82) is 0 Å². The number of rotatable bonds is 4. The molecule has 0 aromatic heterocycles. The van der Waals surface area contributed by atoms with Crippen molar-refractivity contribution < 1.29 is 19.4 Å². The molecule has 116 valence electrons. The van der Waals surface area contributed by atoms with Gasteiger partial charge in [0.15, 0.2) is 0 Å². The quantitative estimate of drug-likeness (QED) is 0.871. The molecule has 0 spiro atoms. The van der Waals surface area contributed by atoms with Gasteiger partial charge in [-0.15, -0.1) is 0 Å². The van der Waals surface area contributed by atoms with E-state index in [0.717, 1.165) is 11.1 Å². The van der Waals surface area contributed by atoms with E-state index in [0.29, 0.717) is 25.3 Å². The maximum atomic E-state index is 12.3. The number of carbonyl (C=O) groups excluding carboxylic acids is 1. The summed E-state index contributed by atoms with van der Waals surface area (Å²) in [6.07, 6.45) is -0.955. The molecule has 1 aliphatic rings. The number of nitrogens with one attached hydrogen (secondary N) is 1. The third kappa shape index (κ3) is 3.81. The van der Waals surface area contributed by atoms with E-state index in [1.54, 1.807) is 7.11 Å². The minimum Gasteiger partial charge on any atom is -0.390 e. The molecule has 1 aromatic carbocycles. The largest absolute Gasteiger partial charge is 0.390 e. The lowest BCUT2D eigenvalue weighted by molar-refractivity contribution is -0.132. The number of hydrogen-bond acceptors (Lipinski definition) is 4. The molecule has 0 saturated carbocycles. The Morgan fingerprint density at radius 1 is 1.43 bits per heavy atom. The summed E-state index contributed by atoms with van der Waals surface area (Å²) in [6.45, 7) is 5.05. The van der Waals surface area contributed by atoms with Crippen LogP contribution in [0.2, 0.25) is 0 Å². The van der Waals surface area contributed by atoms with Crippen molar-refractivity contribution in [2.24, 2.45) is 5.92 Å². The van der Waals surface area contributed by atoms with Crippen molar-refractivity contribution in [3.63, 3.8) is 0 Å². The highest BCUT2D eigenvalue weighted by Crippen LogP contribution is 2.17. The molecule has 1 fully saturated rings. The lowest BCUT2D eigenvalue weighted by atomic mass is 9.96. The molecule has 0 bridgehead atoms. The topological polar surface area (TPSA) is 67.8 Å². The Bertz CT molecular complexity index is 503. The summed E-state index contributed by atoms with van der Waals surface area (Å²) in [4.78, 5) is 12.3. The first-order chi connectivity index (χ1) is 10.0. The first-order valence-electron chi connectivity index (χ1n) is 7.17. The van der Waals surface area contributed by atoms with Gasteiger partial charge in [-0.25, -0.2) is 0 Å². The Hall–Kier alpha value is -1.43. The van der Waals surface area contributed by atoms with Crippen LogP contribution in [0.15, 0.2) is 18.2 Å². The molecule has 1 saturated heterocycles. The number of aliphatic hydroxyl groups is 1. The Morgan fingerprint density at radius 2 is 2.19 bits per heavy atom. The summed E-state index contributed by atoms with van der Waals surface area (Å²) in [5.74, 6) is -0.277. The average molecular weight is 293 g/mol. The summed E-state index contributed by atoms with van der Waals surface area (Å²) < 4.78 is 10.6. The van der Waals surface area contributed by atoms with Gasteiger partial charge in [0.25, 0.3) is 5.91 Å². The molecule has 2 rings (SSSR count). The average Bonchev–Trinajstić information content (AvgIpc) is 2.48. The van der Waals surface area contributed by atoms with Crippen molar-refractivity contribution in [2.75, 3.05) is 26.9 Å². The molecule has 0 aliphatic carbocycles. The molecular weight excluding hydrogens is 270 g/mol. The van der Waals surface area contributed by atoms with Crippen LogP contribution >= 0.6 is 0 Å². The van der Waals surface area contributed by atoms with E-state index in [1.807, 2.05) is 32.0 Å². The Labute approximate surface area is 125 Å². The zero-order valence-corrected chi connectivity index (χ0v) is 12.8. The van der Waals surface area contributed by atoms with Gasteiger partial charge in [0, 0.05) is 25.1 Å². The van der Waals surface area contributed by atoms with Crippen LogP contribution in [-0.2, 0) is 9.47 Å². The normalized spacial score (nSPS) is 25.6. The smallest absolute Gasteiger partial charge is 0.251 e. The van der Waals surface area contributed by atoms with Crippen molar-refractivity contribution in [2.45, 2.75) is 26.1 Å². The second-order valence-corrected chi connectivity index (χ2v) is 5.59. The summed E-state index contributed by atoms with van der Waals surface area (Å²) in [6, 6.07) is 5.79. The third-order valence-electron chi connectivity index (χ3n) is 3.94. The minimum atomic E-state index is -0.623. The van der Waals surface area contributed by atoms with Crippen LogP contribution in [0.25, 0.3) is 0 Å². The minimum absolute atomic E-state index is 0.122. The predicted octanol–water partition coefficient (Wildman–Crippen LogP) is 1.06. The van der Waals surface area contributed by atoms with Gasteiger partial charge in [-0.1, -0.05) is 17.7 Å². The summed E-state index contributed by atoms with van der Waals surface area (Å²) in [7, 11) is 1.55. The fourth-order valence-corrected chi connectivity index (χ4v) is 2.52. The molecular formula is C16H23NO4. The molecule has 21 heavy (non-hydrogen) atoms. The Balaban J connectivity index is 1.96. The van der Waals surface area contributed by atoms with E-state index >= 15 is 0 Å². The van der Waals surface area contributed by atoms with Gasteiger partial charge >= 0.3 is 0 Å². The predicted molar refractivity (Wildman–Crippen MR) is 79.4 cm³/mol. The number of ether oxygens (including phenoxy) is 2. The van der Waals surface area contributed by atoms with E-state index in [-0.39, 0.29) is 17.9 Å². The van der Waals surface area contributed by atoms with Crippen molar-refractivity contribution in [3.8, 4) is 0 Å². The van der Waals surface area contributed by atoms with E-state index in [9.17, 15) is 9.90 Å². The number of hydrogen-bond donors (Lipinski definition) is 2. The van der Waals surface area contributed by atoms with Gasteiger partial charge in [-0.3, -0.25) is 4.79 Å². The SMILES string of the molecule is CO[C@@H]1COC[C@@H](CNC(=O)c2cc(C)ccc2C)[C@@H]1O. The van der Waals surface area contributed by atoms with Gasteiger partial charge in [-0.2, -0.15) is 0 Å². The van der Waals surface area contributed by atoms with Gasteiger partial charge < -0.3 is 19.9 Å². The fraction of sp³-hybridized carbons (Fsp3) is 0.562. The molecule has 1 aliphatic heterocycles. The molecule has 1 heterocycles. The molecule has 1 aromatic rings. The maximum Gasteiger partial charge on any atom is 0.251 e. The first kappa shape index (κ1) is 15.9. The van der Waals surface area contributed by atoms with Crippen molar-refractivity contribution >= 4 is 5.91 Å².